The van der Waals surface area contributed by atoms with E-state index in [9.17, 15) is 4.39 Å². The topological polar surface area (TPSA) is 28.7 Å². The zero-order valence-corrected chi connectivity index (χ0v) is 13.2. The number of benzene rings is 1. The molecular formula is C15H16ClFN2S. The molecule has 0 fully saturated rings. The fraction of sp³-hybridized carbons (Fsp3) is 0.333. The first-order valence-electron chi connectivity index (χ1n) is 6.30. The Morgan fingerprint density at radius 1 is 1.30 bits per heavy atom. The molecule has 0 bridgehead atoms. The van der Waals surface area contributed by atoms with Crippen molar-refractivity contribution in [2.45, 2.75) is 32.6 Å². The summed E-state index contributed by atoms with van der Waals surface area (Å²) in [6.07, 6.45) is 0.493. The van der Waals surface area contributed by atoms with E-state index < -0.39 is 0 Å². The highest BCUT2D eigenvalue weighted by atomic mass is 35.5. The number of hydrogen-bond donors (Lipinski definition) is 1. The van der Waals surface area contributed by atoms with Crippen LogP contribution in [0.15, 0.2) is 24.3 Å². The summed E-state index contributed by atoms with van der Waals surface area (Å²) in [5, 5.41) is 0.396. The van der Waals surface area contributed by atoms with Gasteiger partial charge in [0.1, 0.15) is 16.3 Å². The summed E-state index contributed by atoms with van der Waals surface area (Å²) < 4.78 is 13.6. The molecule has 1 N–H and O–H groups in total. The molecule has 0 saturated carbocycles. The number of nitrogens with zero attached hydrogens (tertiary/aromatic N) is 1. The van der Waals surface area contributed by atoms with Crippen LogP contribution in [0.1, 0.15) is 37.9 Å². The molecule has 2 nitrogen and oxygen atoms in total. The Labute approximate surface area is 128 Å². The summed E-state index contributed by atoms with van der Waals surface area (Å²) in [5.74, 6) is 0.388. The summed E-state index contributed by atoms with van der Waals surface area (Å²) in [7, 11) is 0. The fourth-order valence-corrected chi connectivity index (χ4v) is 2.30. The molecule has 1 aromatic heterocycles. The van der Waals surface area contributed by atoms with E-state index in [2.05, 4.69) is 30.7 Å². The number of nitrogens with one attached hydrogen (secondary N) is 1. The van der Waals surface area contributed by atoms with Crippen molar-refractivity contribution in [3.05, 3.63) is 56.8 Å². The van der Waals surface area contributed by atoms with Gasteiger partial charge in [0.2, 0.25) is 0 Å². The summed E-state index contributed by atoms with van der Waals surface area (Å²) in [6, 6.07) is 6.23. The van der Waals surface area contributed by atoms with E-state index in [0.29, 0.717) is 16.1 Å². The van der Waals surface area contributed by atoms with E-state index in [-0.39, 0.29) is 11.2 Å². The molecule has 1 aromatic carbocycles. The van der Waals surface area contributed by atoms with Gasteiger partial charge in [-0.2, -0.15) is 0 Å². The molecule has 0 atom stereocenters. The Hall–Kier alpha value is -1.26. The SMILES string of the molecule is CC(C)(C)c1cc(=S)nc(Cc2ccc(F)cc2Cl)[nH]1. The summed E-state index contributed by atoms with van der Waals surface area (Å²) in [5.41, 5.74) is 1.79. The maximum atomic E-state index is 13.0. The zero-order valence-electron chi connectivity index (χ0n) is 11.6. The number of hydrogen-bond acceptors (Lipinski definition) is 2. The average molecular weight is 311 g/mol. The van der Waals surface area contributed by atoms with Gasteiger partial charge in [0.05, 0.1) is 0 Å². The van der Waals surface area contributed by atoms with E-state index in [0.717, 1.165) is 17.1 Å². The number of aromatic nitrogens is 2. The Morgan fingerprint density at radius 3 is 2.60 bits per heavy atom. The van der Waals surface area contributed by atoms with Gasteiger partial charge < -0.3 is 4.98 Å². The Balaban J connectivity index is 2.39. The van der Waals surface area contributed by atoms with E-state index in [1.54, 1.807) is 6.07 Å². The summed E-state index contributed by atoms with van der Waals surface area (Å²) in [4.78, 5) is 7.60. The van der Waals surface area contributed by atoms with Crippen molar-refractivity contribution in [3.63, 3.8) is 0 Å². The van der Waals surface area contributed by atoms with Crippen LogP contribution in [0.2, 0.25) is 5.02 Å². The molecule has 106 valence electrons. The summed E-state index contributed by atoms with van der Waals surface area (Å²) in [6.45, 7) is 6.30. The molecule has 0 spiro atoms. The normalized spacial score (nSPS) is 11.7. The van der Waals surface area contributed by atoms with Crippen LogP contribution in [0.5, 0.6) is 0 Å². The van der Waals surface area contributed by atoms with Crippen LogP contribution in [-0.2, 0) is 11.8 Å². The number of rotatable bonds is 2. The minimum Gasteiger partial charge on any atom is -0.346 e. The monoisotopic (exact) mass is 310 g/mol. The lowest BCUT2D eigenvalue weighted by molar-refractivity contribution is 0.562. The first-order valence-corrected chi connectivity index (χ1v) is 7.09. The lowest BCUT2D eigenvalue weighted by atomic mass is 9.92. The molecule has 2 rings (SSSR count). The molecule has 20 heavy (non-hydrogen) atoms. The van der Waals surface area contributed by atoms with Crippen molar-refractivity contribution < 1.29 is 4.39 Å². The van der Waals surface area contributed by atoms with E-state index >= 15 is 0 Å². The second-order valence-electron chi connectivity index (χ2n) is 5.74. The molecule has 0 amide bonds. The molecule has 5 heteroatoms. The third-order valence-electron chi connectivity index (χ3n) is 2.97. The largest absolute Gasteiger partial charge is 0.346 e. The maximum absolute atomic E-state index is 13.0. The van der Waals surface area contributed by atoms with Gasteiger partial charge in [-0.1, -0.05) is 50.7 Å². The van der Waals surface area contributed by atoms with E-state index in [1.807, 2.05) is 6.07 Å². The first-order chi connectivity index (χ1) is 9.25. The van der Waals surface area contributed by atoms with Gasteiger partial charge in [-0.15, -0.1) is 0 Å². The predicted molar refractivity (Wildman–Crippen MR) is 82.3 cm³/mol. The van der Waals surface area contributed by atoms with Gasteiger partial charge in [-0.3, -0.25) is 0 Å². The molecule has 0 saturated heterocycles. The second kappa shape index (κ2) is 5.62. The minimum atomic E-state index is -0.344. The Bertz CT molecular complexity index is 689. The van der Waals surface area contributed by atoms with Crippen LogP contribution in [0.25, 0.3) is 0 Å². The van der Waals surface area contributed by atoms with Crippen molar-refractivity contribution in [3.8, 4) is 0 Å². The maximum Gasteiger partial charge on any atom is 0.130 e. The van der Waals surface area contributed by atoms with Crippen molar-refractivity contribution in [1.29, 1.82) is 0 Å². The lowest BCUT2D eigenvalue weighted by Crippen LogP contribution is -2.15. The van der Waals surface area contributed by atoms with Gasteiger partial charge in [-0.25, -0.2) is 9.37 Å². The first kappa shape index (κ1) is 15.1. The van der Waals surface area contributed by atoms with Crippen LogP contribution in [0.3, 0.4) is 0 Å². The average Bonchev–Trinajstić information content (AvgIpc) is 2.31. The van der Waals surface area contributed by atoms with Gasteiger partial charge in [0, 0.05) is 22.6 Å². The molecule has 0 radical (unpaired) electrons. The molecule has 2 aromatic rings. The third kappa shape index (κ3) is 3.64. The smallest absolute Gasteiger partial charge is 0.130 e. The molecule has 0 aliphatic rings. The molecule has 0 aliphatic carbocycles. The van der Waals surface area contributed by atoms with Crippen LogP contribution < -0.4 is 0 Å². The fourth-order valence-electron chi connectivity index (χ4n) is 1.84. The third-order valence-corrected chi connectivity index (χ3v) is 3.53. The van der Waals surface area contributed by atoms with Crippen molar-refractivity contribution in [2.24, 2.45) is 0 Å². The van der Waals surface area contributed by atoms with Crippen LogP contribution in [0, 0.1) is 10.5 Å². The van der Waals surface area contributed by atoms with Crippen LogP contribution in [0.4, 0.5) is 4.39 Å². The summed E-state index contributed by atoms with van der Waals surface area (Å²) >= 11 is 11.2. The van der Waals surface area contributed by atoms with Crippen LogP contribution >= 0.6 is 23.8 Å². The molecule has 1 heterocycles. The van der Waals surface area contributed by atoms with Crippen molar-refractivity contribution in [2.75, 3.05) is 0 Å². The Kier molecular flexibility index (Phi) is 4.25. The Morgan fingerprint density at radius 2 is 2.00 bits per heavy atom. The highest BCUT2D eigenvalue weighted by Gasteiger charge is 2.16. The van der Waals surface area contributed by atoms with Gasteiger partial charge in [0.15, 0.2) is 0 Å². The highest BCUT2D eigenvalue weighted by Crippen LogP contribution is 2.22. The number of H-pyrrole nitrogens is 1. The standard InChI is InChI=1S/C15H16ClFN2S/c1-15(2,3)12-8-14(20)19-13(18-12)6-9-4-5-10(17)7-11(9)16/h4-5,7-8H,6H2,1-3H3,(H,18,19,20). The lowest BCUT2D eigenvalue weighted by Gasteiger charge is -2.19. The zero-order chi connectivity index (χ0) is 14.9. The molecule has 0 aliphatic heterocycles. The molecule has 0 unspecified atom stereocenters. The second-order valence-corrected chi connectivity index (χ2v) is 6.57. The van der Waals surface area contributed by atoms with Crippen LogP contribution in [-0.4, -0.2) is 9.97 Å². The van der Waals surface area contributed by atoms with Crippen molar-refractivity contribution >= 4 is 23.8 Å². The van der Waals surface area contributed by atoms with Gasteiger partial charge >= 0.3 is 0 Å². The predicted octanol–water partition coefficient (Wildman–Crippen LogP) is 4.82. The number of aromatic amines is 1. The quantitative estimate of drug-likeness (QED) is 0.806. The number of halogens is 2. The minimum absolute atomic E-state index is 0.0438. The van der Waals surface area contributed by atoms with E-state index in [4.69, 9.17) is 23.8 Å². The highest BCUT2D eigenvalue weighted by molar-refractivity contribution is 7.71. The van der Waals surface area contributed by atoms with Gasteiger partial charge in [-0.05, 0) is 23.8 Å². The van der Waals surface area contributed by atoms with Gasteiger partial charge in [0.25, 0.3) is 0 Å². The molecular weight excluding hydrogens is 295 g/mol. The van der Waals surface area contributed by atoms with Crippen molar-refractivity contribution in [1.82, 2.24) is 9.97 Å². The van der Waals surface area contributed by atoms with E-state index in [1.165, 1.54) is 12.1 Å².